The molecule has 20 heteroatoms. The monoisotopic (exact) mass is 756 g/mol. The Labute approximate surface area is 298 Å². The Balaban J connectivity index is 1.34. The molecule has 4 heterocycles. The van der Waals surface area contributed by atoms with E-state index in [1.165, 1.54) is 19.9 Å². The van der Waals surface area contributed by atoms with Crippen LogP contribution in [0.15, 0.2) is 39.5 Å². The first kappa shape index (κ1) is 38.8. The van der Waals surface area contributed by atoms with Crippen LogP contribution in [0.1, 0.15) is 13.8 Å². The third-order valence-corrected chi connectivity index (χ3v) is 9.34. The summed E-state index contributed by atoms with van der Waals surface area (Å²) in [6.45, 7) is 2.18. The van der Waals surface area contributed by atoms with Crippen molar-refractivity contribution >= 4 is 11.0 Å². The lowest BCUT2D eigenvalue weighted by atomic mass is 9.98. The highest BCUT2D eigenvalue weighted by molar-refractivity contribution is 5.88. The molecule has 3 saturated heterocycles. The average molecular weight is 757 g/mol. The summed E-state index contributed by atoms with van der Waals surface area (Å²) < 4.78 is 39.3. The van der Waals surface area contributed by atoms with E-state index in [-0.39, 0.29) is 16.9 Å². The molecule has 0 radical (unpaired) electrons. The molecule has 2 aromatic carbocycles. The minimum Gasteiger partial charge on any atom is -0.507 e. The number of phenols is 3. The smallest absolute Gasteiger partial charge is 0.239 e. The molecule has 3 aliphatic heterocycles. The number of hydrogen-bond acceptors (Lipinski definition) is 20. The molecular weight excluding hydrogens is 716 g/mol. The molecule has 6 rings (SSSR count). The standard InChI is InChI=1S/C33H40O20/c1-9-19(37)23(41)26(44)31(48-9)47-8-17-21(39)25(43)28(46)33(52-17)53-30-22(40)18-15(36)6-12(50-32-27(45)24(42)20(38)10(2)49-32)7-16(18)51-29(30)11-3-4-13(34)14(35)5-11/h3-7,9-10,17,19-21,23-28,31-39,41-46H,8H2,1-2H3/t9-,10-,17+,19-,20-,21-,23+,24+,25-,26+,27+,28+,31+,32-,33-/m0/s1. The van der Waals surface area contributed by atoms with Crippen molar-refractivity contribution in [3.05, 3.63) is 40.6 Å². The van der Waals surface area contributed by atoms with Crippen molar-refractivity contribution in [2.45, 2.75) is 106 Å². The van der Waals surface area contributed by atoms with Crippen LogP contribution in [-0.2, 0) is 18.9 Å². The largest absolute Gasteiger partial charge is 0.507 e. The van der Waals surface area contributed by atoms with Gasteiger partial charge in [0.25, 0.3) is 0 Å². The summed E-state index contributed by atoms with van der Waals surface area (Å²) >= 11 is 0. The molecule has 20 nitrogen and oxygen atoms in total. The predicted octanol–water partition coefficient (Wildman–Crippen LogP) is -3.19. The van der Waals surface area contributed by atoms with Gasteiger partial charge < -0.3 is 94.1 Å². The van der Waals surface area contributed by atoms with Crippen LogP contribution in [0.25, 0.3) is 22.3 Å². The third kappa shape index (κ3) is 7.34. The molecule has 292 valence electrons. The summed E-state index contributed by atoms with van der Waals surface area (Å²) in [5, 5.41) is 124. The fraction of sp³-hybridized carbons (Fsp3) is 0.545. The van der Waals surface area contributed by atoms with Gasteiger partial charge >= 0.3 is 0 Å². The van der Waals surface area contributed by atoms with Gasteiger partial charge in [0, 0.05) is 17.7 Å². The summed E-state index contributed by atoms with van der Waals surface area (Å²) in [6.07, 6.45) is -24.0. The quantitative estimate of drug-likeness (QED) is 0.101. The van der Waals surface area contributed by atoms with Crippen LogP contribution in [0.2, 0.25) is 0 Å². The number of aliphatic hydroxyl groups excluding tert-OH is 9. The van der Waals surface area contributed by atoms with E-state index in [9.17, 15) is 66.1 Å². The molecule has 0 amide bonds. The summed E-state index contributed by atoms with van der Waals surface area (Å²) in [6, 6.07) is 5.31. The van der Waals surface area contributed by atoms with Crippen LogP contribution in [0.5, 0.6) is 28.7 Å². The van der Waals surface area contributed by atoms with Gasteiger partial charge in [0.15, 0.2) is 23.5 Å². The fourth-order valence-electron chi connectivity index (χ4n) is 6.14. The molecule has 1 aromatic heterocycles. The molecule has 3 fully saturated rings. The number of hydrogen-bond donors (Lipinski definition) is 12. The Hall–Kier alpha value is -3.87. The van der Waals surface area contributed by atoms with Crippen LogP contribution in [-0.4, -0.2) is 160 Å². The zero-order chi connectivity index (χ0) is 38.6. The zero-order valence-electron chi connectivity index (χ0n) is 27.9. The van der Waals surface area contributed by atoms with Crippen molar-refractivity contribution in [2.75, 3.05) is 6.61 Å². The number of benzene rings is 2. The van der Waals surface area contributed by atoms with E-state index < -0.39 is 138 Å². The number of rotatable bonds is 8. The van der Waals surface area contributed by atoms with Crippen molar-refractivity contribution < 1.29 is 94.1 Å². The lowest BCUT2D eigenvalue weighted by molar-refractivity contribution is -0.318. The Morgan fingerprint density at radius 3 is 1.79 bits per heavy atom. The number of ether oxygens (including phenoxy) is 6. The molecule has 12 N–H and O–H groups in total. The van der Waals surface area contributed by atoms with Gasteiger partial charge in [0.2, 0.25) is 23.8 Å². The number of aliphatic hydroxyl groups is 9. The summed E-state index contributed by atoms with van der Waals surface area (Å²) in [7, 11) is 0. The van der Waals surface area contributed by atoms with Crippen LogP contribution in [0.4, 0.5) is 0 Å². The SMILES string of the molecule is C[C@@H]1O[C@@H](OC[C@H]2O[C@@H](Oc3c(-c4ccc(O)c(O)c4)oc4cc(O[C@@H]5O[C@@H](C)[C@H](O)[C@@H](O)[C@H]5O)cc(O)c4c3=O)[C@H](O)[C@@H](O)[C@H]2O)[C@H](O)[C@H](O)[C@H]1O. The maximum Gasteiger partial charge on any atom is 0.239 e. The van der Waals surface area contributed by atoms with E-state index in [2.05, 4.69) is 0 Å². The Bertz CT molecular complexity index is 1830. The second-order valence-corrected chi connectivity index (χ2v) is 13.1. The Kier molecular flexibility index (Phi) is 11.1. The normalized spacial score (nSPS) is 37.8. The summed E-state index contributed by atoms with van der Waals surface area (Å²) in [4.78, 5) is 14.0. The molecule has 0 bridgehead atoms. The number of aromatic hydroxyl groups is 3. The Morgan fingerprint density at radius 1 is 0.604 bits per heavy atom. The molecule has 0 unspecified atom stereocenters. The zero-order valence-corrected chi connectivity index (χ0v) is 27.9. The first-order valence-corrected chi connectivity index (χ1v) is 16.4. The lowest BCUT2D eigenvalue weighted by Crippen LogP contribution is -2.61. The van der Waals surface area contributed by atoms with Crippen LogP contribution < -0.4 is 14.9 Å². The van der Waals surface area contributed by atoms with E-state index in [4.69, 9.17) is 32.8 Å². The molecule has 53 heavy (non-hydrogen) atoms. The number of fused-ring (bicyclic) bond motifs is 1. The average Bonchev–Trinajstić information content (AvgIpc) is 3.12. The van der Waals surface area contributed by atoms with Gasteiger partial charge in [-0.25, -0.2) is 0 Å². The topological polar surface area (TPSA) is 328 Å². The van der Waals surface area contributed by atoms with Gasteiger partial charge in [0.05, 0.1) is 18.8 Å². The molecule has 3 aliphatic rings. The molecule has 3 aromatic rings. The van der Waals surface area contributed by atoms with E-state index in [1.807, 2.05) is 0 Å². The van der Waals surface area contributed by atoms with E-state index in [0.717, 1.165) is 24.3 Å². The Morgan fingerprint density at radius 2 is 1.17 bits per heavy atom. The first-order valence-electron chi connectivity index (χ1n) is 16.4. The van der Waals surface area contributed by atoms with Gasteiger partial charge in [-0.3, -0.25) is 4.79 Å². The van der Waals surface area contributed by atoms with Gasteiger partial charge in [0.1, 0.15) is 83.5 Å². The minimum atomic E-state index is -2.03. The van der Waals surface area contributed by atoms with Crippen molar-refractivity contribution in [2.24, 2.45) is 0 Å². The third-order valence-electron chi connectivity index (χ3n) is 9.34. The predicted molar refractivity (Wildman–Crippen MR) is 172 cm³/mol. The molecule has 15 atom stereocenters. The van der Waals surface area contributed by atoms with E-state index in [1.54, 1.807) is 0 Å². The number of phenolic OH excluding ortho intramolecular Hbond substituents is 3. The van der Waals surface area contributed by atoms with Crippen molar-refractivity contribution in [3.63, 3.8) is 0 Å². The van der Waals surface area contributed by atoms with Crippen molar-refractivity contribution in [1.29, 1.82) is 0 Å². The summed E-state index contributed by atoms with van der Waals surface area (Å²) in [5.41, 5.74) is -1.55. The van der Waals surface area contributed by atoms with E-state index >= 15 is 0 Å². The van der Waals surface area contributed by atoms with Crippen LogP contribution >= 0.6 is 0 Å². The van der Waals surface area contributed by atoms with Gasteiger partial charge in [-0.1, -0.05) is 0 Å². The maximum atomic E-state index is 14.0. The highest BCUT2D eigenvalue weighted by atomic mass is 16.7. The second-order valence-electron chi connectivity index (χ2n) is 13.1. The molecular formula is C33H40O20. The van der Waals surface area contributed by atoms with Crippen molar-refractivity contribution in [3.8, 4) is 40.1 Å². The first-order chi connectivity index (χ1) is 25.0. The maximum absolute atomic E-state index is 14.0. The van der Waals surface area contributed by atoms with Crippen LogP contribution in [0, 0.1) is 0 Å². The van der Waals surface area contributed by atoms with Gasteiger partial charge in [-0.2, -0.15) is 0 Å². The van der Waals surface area contributed by atoms with Gasteiger partial charge in [-0.15, -0.1) is 0 Å². The van der Waals surface area contributed by atoms with E-state index in [0.29, 0.717) is 0 Å². The molecule has 0 spiro atoms. The highest BCUT2D eigenvalue weighted by Gasteiger charge is 2.48. The van der Waals surface area contributed by atoms with Crippen molar-refractivity contribution in [1.82, 2.24) is 0 Å². The van der Waals surface area contributed by atoms with Gasteiger partial charge in [-0.05, 0) is 32.0 Å². The highest BCUT2D eigenvalue weighted by Crippen LogP contribution is 2.40. The molecule has 0 aliphatic carbocycles. The summed E-state index contributed by atoms with van der Waals surface area (Å²) in [5.74, 6) is -3.42. The fourth-order valence-corrected chi connectivity index (χ4v) is 6.14. The molecule has 0 saturated carbocycles. The minimum absolute atomic E-state index is 0.0962. The lowest BCUT2D eigenvalue weighted by Gasteiger charge is -2.42. The van der Waals surface area contributed by atoms with Crippen LogP contribution in [0.3, 0.4) is 0 Å². The second kappa shape index (κ2) is 15.1.